The summed E-state index contributed by atoms with van der Waals surface area (Å²) >= 11 is 0. The number of amides is 2. The first-order valence-corrected chi connectivity index (χ1v) is 6.92. The fraction of sp³-hybridized carbons (Fsp3) is 0.533. The molecule has 1 fully saturated rings. The van der Waals surface area contributed by atoms with E-state index in [9.17, 15) is 9.59 Å². The van der Waals surface area contributed by atoms with Crippen LogP contribution in [0.1, 0.15) is 31.9 Å². The van der Waals surface area contributed by atoms with Gasteiger partial charge in [0.15, 0.2) is 0 Å². The monoisotopic (exact) mass is 275 g/mol. The van der Waals surface area contributed by atoms with Gasteiger partial charge in [-0.05, 0) is 37.0 Å². The quantitative estimate of drug-likeness (QED) is 0.903. The summed E-state index contributed by atoms with van der Waals surface area (Å²) in [6, 6.07) is 1.03. The van der Waals surface area contributed by atoms with Gasteiger partial charge in [0, 0.05) is 18.9 Å². The van der Waals surface area contributed by atoms with Crippen LogP contribution >= 0.6 is 0 Å². The van der Waals surface area contributed by atoms with Crippen molar-refractivity contribution in [3.8, 4) is 0 Å². The number of nitrogens with zero attached hydrogens (tertiary/aromatic N) is 2. The van der Waals surface area contributed by atoms with Crippen LogP contribution in [0.3, 0.4) is 0 Å². The van der Waals surface area contributed by atoms with E-state index >= 15 is 0 Å². The SMILES string of the molecule is Cc1ccncc1CN1C(=O)C(C)NC(=O)C1C(C)C. The van der Waals surface area contributed by atoms with E-state index in [0.717, 1.165) is 11.1 Å². The maximum absolute atomic E-state index is 12.4. The van der Waals surface area contributed by atoms with E-state index < -0.39 is 12.1 Å². The van der Waals surface area contributed by atoms with Crippen molar-refractivity contribution < 1.29 is 9.59 Å². The molecule has 2 rings (SSSR count). The van der Waals surface area contributed by atoms with Gasteiger partial charge in [0.25, 0.3) is 0 Å². The van der Waals surface area contributed by atoms with Gasteiger partial charge in [0.05, 0.1) is 0 Å². The lowest BCUT2D eigenvalue weighted by atomic mass is 9.96. The number of aryl methyl sites for hydroxylation is 1. The number of hydrogen-bond donors (Lipinski definition) is 1. The summed E-state index contributed by atoms with van der Waals surface area (Å²) in [6.45, 7) is 8.05. The molecule has 5 heteroatoms. The number of aromatic nitrogens is 1. The lowest BCUT2D eigenvalue weighted by Crippen LogP contribution is -2.63. The summed E-state index contributed by atoms with van der Waals surface area (Å²) in [5, 5.41) is 2.75. The molecular weight excluding hydrogens is 254 g/mol. The molecule has 0 bridgehead atoms. The number of hydrogen-bond acceptors (Lipinski definition) is 3. The van der Waals surface area contributed by atoms with Crippen molar-refractivity contribution in [2.45, 2.75) is 46.3 Å². The van der Waals surface area contributed by atoms with E-state index in [1.165, 1.54) is 0 Å². The van der Waals surface area contributed by atoms with E-state index in [1.54, 1.807) is 24.2 Å². The second-order valence-corrected chi connectivity index (χ2v) is 5.69. The minimum Gasteiger partial charge on any atom is -0.343 e. The van der Waals surface area contributed by atoms with Gasteiger partial charge in [-0.3, -0.25) is 14.6 Å². The molecule has 1 aliphatic rings. The van der Waals surface area contributed by atoms with Gasteiger partial charge in [-0.15, -0.1) is 0 Å². The largest absolute Gasteiger partial charge is 0.343 e. The van der Waals surface area contributed by atoms with Gasteiger partial charge in [0.2, 0.25) is 11.8 Å². The average molecular weight is 275 g/mol. The number of piperazine rings is 1. The molecule has 1 aromatic heterocycles. The Kier molecular flexibility index (Phi) is 4.06. The fourth-order valence-corrected chi connectivity index (χ4v) is 2.57. The Morgan fingerprint density at radius 3 is 2.70 bits per heavy atom. The first-order chi connectivity index (χ1) is 9.41. The van der Waals surface area contributed by atoms with Gasteiger partial charge in [-0.2, -0.15) is 0 Å². The highest BCUT2D eigenvalue weighted by atomic mass is 16.2. The Labute approximate surface area is 119 Å². The van der Waals surface area contributed by atoms with Crippen molar-refractivity contribution in [3.05, 3.63) is 29.6 Å². The van der Waals surface area contributed by atoms with Crippen molar-refractivity contribution in [3.63, 3.8) is 0 Å². The Hall–Kier alpha value is -1.91. The summed E-state index contributed by atoms with van der Waals surface area (Å²) in [5.41, 5.74) is 2.06. The standard InChI is InChI=1S/C15H21N3O2/c1-9(2)13-14(19)17-11(4)15(20)18(13)8-12-7-16-6-5-10(12)3/h5-7,9,11,13H,8H2,1-4H3,(H,17,19). The predicted molar refractivity (Wildman–Crippen MR) is 75.8 cm³/mol. The summed E-state index contributed by atoms with van der Waals surface area (Å²) in [7, 11) is 0. The molecule has 0 saturated carbocycles. The summed E-state index contributed by atoms with van der Waals surface area (Å²) in [5.74, 6) is -0.0383. The first-order valence-electron chi connectivity index (χ1n) is 6.92. The second-order valence-electron chi connectivity index (χ2n) is 5.69. The van der Waals surface area contributed by atoms with Gasteiger partial charge in [-0.1, -0.05) is 13.8 Å². The number of carbonyl (C=O) groups is 2. The minimum absolute atomic E-state index is 0.0356. The van der Waals surface area contributed by atoms with Gasteiger partial charge in [-0.25, -0.2) is 0 Å². The van der Waals surface area contributed by atoms with Crippen LogP contribution in [0, 0.1) is 12.8 Å². The van der Waals surface area contributed by atoms with E-state index in [-0.39, 0.29) is 17.7 Å². The summed E-state index contributed by atoms with van der Waals surface area (Å²) in [4.78, 5) is 30.3. The normalized spacial score (nSPS) is 23.1. The minimum atomic E-state index is -0.463. The number of pyridine rings is 1. The molecule has 1 saturated heterocycles. The van der Waals surface area contributed by atoms with Crippen molar-refractivity contribution in [1.82, 2.24) is 15.2 Å². The lowest BCUT2D eigenvalue weighted by Gasteiger charge is -2.40. The average Bonchev–Trinajstić information content (AvgIpc) is 2.37. The van der Waals surface area contributed by atoms with E-state index in [0.29, 0.717) is 6.54 Å². The number of carbonyl (C=O) groups excluding carboxylic acids is 2. The molecule has 2 unspecified atom stereocenters. The van der Waals surface area contributed by atoms with Crippen molar-refractivity contribution >= 4 is 11.8 Å². The zero-order valence-electron chi connectivity index (χ0n) is 12.4. The van der Waals surface area contributed by atoms with Crippen LogP contribution in [0.15, 0.2) is 18.5 Å². The molecule has 0 radical (unpaired) electrons. The molecule has 2 amide bonds. The maximum atomic E-state index is 12.4. The molecule has 5 nitrogen and oxygen atoms in total. The summed E-state index contributed by atoms with van der Waals surface area (Å²) in [6.07, 6.45) is 3.49. The van der Waals surface area contributed by atoms with E-state index in [1.807, 2.05) is 26.8 Å². The van der Waals surface area contributed by atoms with Crippen LogP contribution in [0.2, 0.25) is 0 Å². The van der Waals surface area contributed by atoms with Crippen LogP contribution in [0.25, 0.3) is 0 Å². The van der Waals surface area contributed by atoms with Gasteiger partial charge < -0.3 is 10.2 Å². The molecule has 1 N–H and O–H groups in total. The molecule has 2 heterocycles. The molecule has 0 aliphatic carbocycles. The Bertz CT molecular complexity index is 528. The van der Waals surface area contributed by atoms with Crippen LogP contribution in [-0.4, -0.2) is 33.8 Å². The number of nitrogens with one attached hydrogen (secondary N) is 1. The Morgan fingerprint density at radius 2 is 2.10 bits per heavy atom. The highest BCUT2D eigenvalue weighted by molar-refractivity contribution is 5.96. The molecule has 108 valence electrons. The topological polar surface area (TPSA) is 62.3 Å². The van der Waals surface area contributed by atoms with Crippen LogP contribution in [0.4, 0.5) is 0 Å². The second kappa shape index (κ2) is 5.61. The van der Waals surface area contributed by atoms with Crippen molar-refractivity contribution in [2.75, 3.05) is 0 Å². The third-order valence-corrected chi connectivity index (χ3v) is 3.74. The van der Waals surface area contributed by atoms with Crippen LogP contribution < -0.4 is 5.32 Å². The van der Waals surface area contributed by atoms with Gasteiger partial charge in [0.1, 0.15) is 12.1 Å². The fourth-order valence-electron chi connectivity index (χ4n) is 2.57. The third-order valence-electron chi connectivity index (χ3n) is 3.74. The first kappa shape index (κ1) is 14.5. The van der Waals surface area contributed by atoms with Gasteiger partial charge >= 0.3 is 0 Å². The molecule has 20 heavy (non-hydrogen) atoms. The molecular formula is C15H21N3O2. The number of rotatable bonds is 3. The van der Waals surface area contributed by atoms with Crippen molar-refractivity contribution in [1.29, 1.82) is 0 Å². The highest BCUT2D eigenvalue weighted by Gasteiger charge is 2.40. The molecule has 0 spiro atoms. The van der Waals surface area contributed by atoms with Crippen LogP contribution in [0.5, 0.6) is 0 Å². The summed E-state index contributed by atoms with van der Waals surface area (Å²) < 4.78 is 0. The van der Waals surface area contributed by atoms with Crippen molar-refractivity contribution in [2.24, 2.45) is 5.92 Å². The third kappa shape index (κ3) is 2.66. The smallest absolute Gasteiger partial charge is 0.245 e. The molecule has 0 aromatic carbocycles. The maximum Gasteiger partial charge on any atom is 0.245 e. The molecule has 1 aromatic rings. The lowest BCUT2D eigenvalue weighted by molar-refractivity contribution is -0.151. The van der Waals surface area contributed by atoms with E-state index in [4.69, 9.17) is 0 Å². The van der Waals surface area contributed by atoms with E-state index in [2.05, 4.69) is 10.3 Å². The zero-order valence-corrected chi connectivity index (χ0v) is 12.4. The van der Waals surface area contributed by atoms with Crippen LogP contribution in [-0.2, 0) is 16.1 Å². The Morgan fingerprint density at radius 1 is 1.40 bits per heavy atom. The molecule has 1 aliphatic heterocycles. The molecule has 2 atom stereocenters. The predicted octanol–water partition coefficient (Wildman–Crippen LogP) is 1.26. The zero-order chi connectivity index (χ0) is 14.9. The Balaban J connectivity index is 2.31. The highest BCUT2D eigenvalue weighted by Crippen LogP contribution is 2.21.